The number of carbonyl (C=O) groups excluding carboxylic acids is 1. The van der Waals surface area contributed by atoms with Gasteiger partial charge in [0.25, 0.3) is 5.91 Å². The fraction of sp³-hybridized carbons (Fsp3) is 0.435. The number of thiazole rings is 1. The first-order valence-electron chi connectivity index (χ1n) is 11.7. The summed E-state index contributed by atoms with van der Waals surface area (Å²) < 4.78 is 38.4. The average molecular weight is 531 g/mol. The minimum atomic E-state index is -3.42. The Morgan fingerprint density at radius 2 is 2.11 bits per heavy atom. The van der Waals surface area contributed by atoms with E-state index in [1.807, 2.05) is 6.92 Å². The quantitative estimate of drug-likeness (QED) is 0.404. The predicted molar refractivity (Wildman–Crippen MR) is 133 cm³/mol. The number of rotatable bonds is 10. The van der Waals surface area contributed by atoms with Crippen molar-refractivity contribution in [2.75, 3.05) is 24.5 Å². The van der Waals surface area contributed by atoms with Crippen LogP contribution in [0.25, 0.3) is 10.6 Å². The number of nitrogens with one attached hydrogen (secondary N) is 2. The second-order valence-corrected chi connectivity index (χ2v) is 11.6. The van der Waals surface area contributed by atoms with Crippen LogP contribution in [0.3, 0.4) is 0 Å². The Kier molecular flexibility index (Phi) is 7.12. The Bertz CT molecular complexity index is 1340. The van der Waals surface area contributed by atoms with Crippen molar-refractivity contribution in [2.24, 2.45) is 5.92 Å². The third-order valence-electron chi connectivity index (χ3n) is 5.90. The van der Waals surface area contributed by atoms with E-state index in [4.69, 9.17) is 9.47 Å². The molecule has 13 heteroatoms. The van der Waals surface area contributed by atoms with Gasteiger partial charge in [-0.15, -0.1) is 11.3 Å². The van der Waals surface area contributed by atoms with Crippen LogP contribution in [0.2, 0.25) is 0 Å². The molecule has 36 heavy (non-hydrogen) atoms. The molecular weight excluding hydrogens is 504 g/mol. The Morgan fingerprint density at radius 3 is 2.86 bits per heavy atom. The molecule has 190 valence electrons. The molecule has 3 aromatic rings. The van der Waals surface area contributed by atoms with E-state index in [0.717, 1.165) is 6.42 Å². The summed E-state index contributed by atoms with van der Waals surface area (Å²) in [7, 11) is -3.42. The lowest BCUT2D eigenvalue weighted by Gasteiger charge is -2.23. The molecule has 2 aliphatic rings. The maximum absolute atomic E-state index is 13.2. The monoisotopic (exact) mass is 530 g/mol. The van der Waals surface area contributed by atoms with Crippen LogP contribution in [0.5, 0.6) is 5.88 Å². The van der Waals surface area contributed by atoms with Gasteiger partial charge in [0.2, 0.25) is 15.9 Å². The van der Waals surface area contributed by atoms with Gasteiger partial charge in [0.05, 0.1) is 53.2 Å². The SMILES string of the molecule is CCOc1cncc(-c2cnc(C(=O)N[C@@H](c3cc(NS(=O)(=O)C4CC4)ccn3)[C@@H]3CCOC3)s2)n1. The van der Waals surface area contributed by atoms with Crippen LogP contribution >= 0.6 is 11.3 Å². The summed E-state index contributed by atoms with van der Waals surface area (Å²) in [6.45, 7) is 3.38. The number of aromatic nitrogens is 4. The highest BCUT2D eigenvalue weighted by Gasteiger charge is 2.36. The number of ether oxygens (including phenoxy) is 2. The van der Waals surface area contributed by atoms with Crippen molar-refractivity contribution in [3.8, 4) is 16.5 Å². The van der Waals surface area contributed by atoms with E-state index in [-0.39, 0.29) is 22.1 Å². The maximum atomic E-state index is 13.2. The summed E-state index contributed by atoms with van der Waals surface area (Å²) in [5.74, 6) is 0.0340. The number of carbonyl (C=O) groups is 1. The van der Waals surface area contributed by atoms with Gasteiger partial charge in [0, 0.05) is 24.9 Å². The summed E-state index contributed by atoms with van der Waals surface area (Å²) in [5.41, 5.74) is 1.55. The van der Waals surface area contributed by atoms with Crippen LogP contribution in [0.1, 0.15) is 47.7 Å². The average Bonchev–Trinajstić information content (AvgIpc) is 3.38. The highest BCUT2D eigenvalue weighted by atomic mass is 32.2. The Hall–Kier alpha value is -3.16. The van der Waals surface area contributed by atoms with E-state index in [1.165, 1.54) is 17.5 Å². The third kappa shape index (κ3) is 5.63. The number of sulfonamides is 1. The molecule has 4 heterocycles. The minimum Gasteiger partial charge on any atom is -0.477 e. The summed E-state index contributed by atoms with van der Waals surface area (Å²) in [4.78, 5) is 31.2. The van der Waals surface area contributed by atoms with Crippen LogP contribution < -0.4 is 14.8 Å². The highest BCUT2D eigenvalue weighted by Crippen LogP contribution is 2.33. The number of amides is 1. The van der Waals surface area contributed by atoms with Crippen molar-refractivity contribution in [3.63, 3.8) is 0 Å². The van der Waals surface area contributed by atoms with Gasteiger partial charge in [-0.3, -0.25) is 19.5 Å². The summed E-state index contributed by atoms with van der Waals surface area (Å²) in [6, 6.07) is 2.81. The molecule has 1 aliphatic heterocycles. The second kappa shape index (κ2) is 10.4. The van der Waals surface area contributed by atoms with Gasteiger partial charge >= 0.3 is 0 Å². The van der Waals surface area contributed by atoms with Gasteiger partial charge in [-0.2, -0.15) is 0 Å². The molecule has 1 amide bonds. The molecule has 1 saturated heterocycles. The summed E-state index contributed by atoms with van der Waals surface area (Å²) >= 11 is 1.20. The van der Waals surface area contributed by atoms with Crippen molar-refractivity contribution in [1.29, 1.82) is 0 Å². The number of hydrogen-bond donors (Lipinski definition) is 2. The molecule has 2 N–H and O–H groups in total. The number of anilines is 1. The van der Waals surface area contributed by atoms with Crippen molar-refractivity contribution >= 4 is 33.0 Å². The van der Waals surface area contributed by atoms with Crippen LogP contribution in [-0.4, -0.2) is 59.3 Å². The maximum Gasteiger partial charge on any atom is 0.280 e. The fourth-order valence-electron chi connectivity index (χ4n) is 3.94. The predicted octanol–water partition coefficient (Wildman–Crippen LogP) is 2.81. The van der Waals surface area contributed by atoms with Crippen molar-refractivity contribution in [2.45, 2.75) is 37.5 Å². The first-order chi connectivity index (χ1) is 17.4. The van der Waals surface area contributed by atoms with E-state index < -0.39 is 16.1 Å². The highest BCUT2D eigenvalue weighted by molar-refractivity contribution is 7.93. The van der Waals surface area contributed by atoms with Gasteiger partial charge in [-0.1, -0.05) is 0 Å². The topological polar surface area (TPSA) is 145 Å². The van der Waals surface area contributed by atoms with Crippen molar-refractivity contribution in [1.82, 2.24) is 25.3 Å². The molecule has 1 aliphatic carbocycles. The molecule has 0 bridgehead atoms. The van der Waals surface area contributed by atoms with Crippen LogP contribution in [0, 0.1) is 5.92 Å². The molecule has 11 nitrogen and oxygen atoms in total. The third-order valence-corrected chi connectivity index (χ3v) is 8.79. The van der Waals surface area contributed by atoms with E-state index >= 15 is 0 Å². The van der Waals surface area contributed by atoms with Crippen LogP contribution in [-0.2, 0) is 14.8 Å². The van der Waals surface area contributed by atoms with Crippen LogP contribution in [0.4, 0.5) is 5.69 Å². The van der Waals surface area contributed by atoms with E-state index in [1.54, 1.807) is 30.7 Å². The number of nitrogens with zero attached hydrogens (tertiary/aromatic N) is 4. The van der Waals surface area contributed by atoms with Gasteiger partial charge in [0.1, 0.15) is 5.69 Å². The molecule has 2 atom stereocenters. The van der Waals surface area contributed by atoms with Gasteiger partial charge in [-0.05, 0) is 38.3 Å². The zero-order valence-electron chi connectivity index (χ0n) is 19.6. The molecular formula is C23H26N6O5S2. The Balaban J connectivity index is 1.35. The van der Waals surface area contributed by atoms with E-state index in [2.05, 4.69) is 30.0 Å². The molecule has 3 aromatic heterocycles. The molecule has 1 saturated carbocycles. The molecule has 2 fully saturated rings. The smallest absolute Gasteiger partial charge is 0.280 e. The number of pyridine rings is 1. The largest absolute Gasteiger partial charge is 0.477 e. The Labute approximate surface area is 212 Å². The van der Waals surface area contributed by atoms with E-state index in [9.17, 15) is 13.2 Å². The van der Waals surface area contributed by atoms with Gasteiger partial charge in [-0.25, -0.2) is 18.4 Å². The fourth-order valence-corrected chi connectivity index (χ4v) is 6.09. The minimum absolute atomic E-state index is 0.00934. The second-order valence-electron chi connectivity index (χ2n) is 8.60. The van der Waals surface area contributed by atoms with E-state index in [0.29, 0.717) is 60.5 Å². The van der Waals surface area contributed by atoms with Crippen LogP contribution in [0.15, 0.2) is 36.9 Å². The summed E-state index contributed by atoms with van der Waals surface area (Å²) in [5, 5.41) is 2.97. The van der Waals surface area contributed by atoms with Gasteiger partial charge in [0.15, 0.2) is 5.01 Å². The molecule has 0 spiro atoms. The van der Waals surface area contributed by atoms with Crippen molar-refractivity contribution < 1.29 is 22.7 Å². The Morgan fingerprint density at radius 1 is 1.25 bits per heavy atom. The van der Waals surface area contributed by atoms with Gasteiger partial charge < -0.3 is 14.8 Å². The first kappa shape index (κ1) is 24.5. The standard InChI is InChI=1S/C23H26N6O5S2/c1-2-34-20-12-24-10-18(27-20)19-11-26-23(35-19)22(30)28-21(14-6-8-33-13-14)17-9-15(5-7-25-17)29-36(31,32)16-3-4-16/h5,7,9-12,14,16,21H,2-4,6,8,13H2,1H3,(H,25,29)(H,28,30)/t14-,21-/m1/s1. The first-order valence-corrected chi connectivity index (χ1v) is 14.1. The number of hydrogen-bond acceptors (Lipinski definition) is 10. The lowest BCUT2D eigenvalue weighted by Crippen LogP contribution is -2.34. The lowest BCUT2D eigenvalue weighted by atomic mass is 9.95. The molecule has 5 rings (SSSR count). The zero-order valence-corrected chi connectivity index (χ0v) is 21.2. The molecule has 0 radical (unpaired) electrons. The summed E-state index contributed by atoms with van der Waals surface area (Å²) in [6.07, 6.45) is 8.33. The van der Waals surface area contributed by atoms with Crippen molar-refractivity contribution in [3.05, 3.63) is 47.6 Å². The zero-order chi connectivity index (χ0) is 25.1. The normalized spacial score (nSPS) is 18.5. The lowest BCUT2D eigenvalue weighted by molar-refractivity contribution is 0.0914. The molecule has 0 aromatic carbocycles. The molecule has 0 unspecified atom stereocenters.